The number of nitrogens with one attached hydrogen (secondary N) is 2. The van der Waals surface area contributed by atoms with Crippen LogP contribution in [0.25, 0.3) is 22.2 Å². The van der Waals surface area contributed by atoms with E-state index in [4.69, 9.17) is 4.98 Å². The Kier molecular flexibility index (Phi) is 7.17. The van der Waals surface area contributed by atoms with Gasteiger partial charge in [-0.1, -0.05) is 19.9 Å². The highest BCUT2D eigenvalue weighted by Crippen LogP contribution is 2.68. The van der Waals surface area contributed by atoms with Gasteiger partial charge in [-0.05, 0) is 60.6 Å². The van der Waals surface area contributed by atoms with Crippen molar-refractivity contribution in [2.75, 3.05) is 0 Å². The summed E-state index contributed by atoms with van der Waals surface area (Å²) in [6.07, 6.45) is 0.224. The number of fused-ring (bicyclic) bond motifs is 4. The maximum absolute atomic E-state index is 15.2. The van der Waals surface area contributed by atoms with Crippen LogP contribution in [0.5, 0.6) is 0 Å². The summed E-state index contributed by atoms with van der Waals surface area (Å²) in [5, 5.41) is 6.53. The lowest BCUT2D eigenvalue weighted by atomic mass is 9.95. The number of aromatic amines is 1. The number of carbonyl (C=O) groups excluding carboxylic acids is 1. The first kappa shape index (κ1) is 30.0. The SMILES string of the molecule is CC(C)c1ccc(-c2cc3[nH]ccc3nc2[C@@H](Cc2cc(F)cc(F)c2)NC(=O)Cn2nc(C(F)F)c3c2C(F)(F)[C@@H]2C[C@H]32)cn1. The molecule has 0 unspecified atom stereocenters. The van der Waals surface area contributed by atoms with Crippen molar-refractivity contribution in [3.8, 4) is 11.1 Å². The number of alkyl halides is 4. The Hall–Kier alpha value is -4.68. The molecule has 0 aliphatic heterocycles. The molecule has 0 radical (unpaired) electrons. The van der Waals surface area contributed by atoms with Gasteiger partial charge in [0, 0.05) is 46.8 Å². The molecule has 1 saturated carbocycles. The summed E-state index contributed by atoms with van der Waals surface area (Å²) in [4.78, 5) is 26.0. The van der Waals surface area contributed by atoms with Gasteiger partial charge in [-0.15, -0.1) is 0 Å². The molecule has 2 N–H and O–H groups in total. The quantitative estimate of drug-likeness (QED) is 0.164. The Bertz CT molecular complexity index is 1950. The van der Waals surface area contributed by atoms with Gasteiger partial charge < -0.3 is 10.3 Å². The first-order valence-corrected chi connectivity index (χ1v) is 14.9. The molecular weight excluding hydrogens is 610 g/mol. The fourth-order valence-corrected chi connectivity index (χ4v) is 6.53. The zero-order chi connectivity index (χ0) is 32.5. The molecule has 1 aromatic carbocycles. The molecule has 3 atom stereocenters. The van der Waals surface area contributed by atoms with Crippen LogP contribution in [-0.2, 0) is 23.7 Å². The molecule has 0 saturated heterocycles. The molecule has 13 heteroatoms. The number of H-pyrrole nitrogens is 1. The van der Waals surface area contributed by atoms with Crippen LogP contribution in [-0.4, -0.2) is 30.6 Å². The van der Waals surface area contributed by atoms with E-state index < -0.39 is 65.7 Å². The van der Waals surface area contributed by atoms with Crippen LogP contribution < -0.4 is 5.32 Å². The van der Waals surface area contributed by atoms with Crippen molar-refractivity contribution in [2.45, 2.75) is 63.5 Å². The zero-order valence-corrected chi connectivity index (χ0v) is 24.7. The fourth-order valence-electron chi connectivity index (χ4n) is 6.53. The molecule has 2 aliphatic carbocycles. The van der Waals surface area contributed by atoms with Gasteiger partial charge in [0.15, 0.2) is 0 Å². The summed E-state index contributed by atoms with van der Waals surface area (Å²) in [5.74, 6) is -7.50. The first-order valence-electron chi connectivity index (χ1n) is 14.9. The van der Waals surface area contributed by atoms with Crippen molar-refractivity contribution in [3.05, 3.63) is 100 Å². The number of carbonyl (C=O) groups is 1. The number of benzene rings is 1. The number of hydrogen-bond acceptors (Lipinski definition) is 4. The van der Waals surface area contributed by atoms with Crippen molar-refractivity contribution in [2.24, 2.45) is 5.92 Å². The van der Waals surface area contributed by atoms with E-state index in [0.29, 0.717) is 32.5 Å². The second-order valence-electron chi connectivity index (χ2n) is 12.2. The monoisotopic (exact) mass is 638 g/mol. The van der Waals surface area contributed by atoms with Gasteiger partial charge in [0.25, 0.3) is 12.3 Å². The molecule has 4 heterocycles. The normalized spacial score (nSPS) is 18.7. The Morgan fingerprint density at radius 1 is 1.09 bits per heavy atom. The molecule has 2 aliphatic rings. The van der Waals surface area contributed by atoms with E-state index in [2.05, 4.69) is 20.4 Å². The molecule has 0 spiro atoms. The van der Waals surface area contributed by atoms with Crippen molar-refractivity contribution in [3.63, 3.8) is 0 Å². The van der Waals surface area contributed by atoms with Gasteiger partial charge in [0.2, 0.25) is 5.91 Å². The van der Waals surface area contributed by atoms with Crippen molar-refractivity contribution < 1.29 is 31.1 Å². The second kappa shape index (κ2) is 11.0. The van der Waals surface area contributed by atoms with E-state index in [1.807, 2.05) is 32.0 Å². The number of amides is 1. The number of aromatic nitrogens is 5. The minimum atomic E-state index is -3.40. The molecule has 5 aromatic rings. The molecule has 7 nitrogen and oxygen atoms in total. The number of pyridine rings is 2. The lowest BCUT2D eigenvalue weighted by molar-refractivity contribution is -0.123. The summed E-state index contributed by atoms with van der Waals surface area (Å²) >= 11 is 0. The van der Waals surface area contributed by atoms with Crippen molar-refractivity contribution in [1.82, 2.24) is 30.0 Å². The Balaban J connectivity index is 1.29. The summed E-state index contributed by atoms with van der Waals surface area (Å²) in [5.41, 5.74) is 2.24. The van der Waals surface area contributed by atoms with E-state index in [1.165, 1.54) is 0 Å². The summed E-state index contributed by atoms with van der Waals surface area (Å²) < 4.78 is 87.1. The van der Waals surface area contributed by atoms with Crippen LogP contribution in [0.1, 0.15) is 78.5 Å². The Morgan fingerprint density at radius 2 is 1.85 bits per heavy atom. The third kappa shape index (κ3) is 5.21. The van der Waals surface area contributed by atoms with E-state index in [1.54, 1.807) is 18.5 Å². The second-order valence-corrected chi connectivity index (χ2v) is 12.2. The van der Waals surface area contributed by atoms with Crippen LogP contribution in [0.2, 0.25) is 0 Å². The zero-order valence-electron chi connectivity index (χ0n) is 24.7. The average Bonchev–Trinajstić information content (AvgIpc) is 3.40. The summed E-state index contributed by atoms with van der Waals surface area (Å²) in [6, 6.07) is 9.19. The molecule has 0 bridgehead atoms. The molecule has 46 heavy (non-hydrogen) atoms. The van der Waals surface area contributed by atoms with Crippen LogP contribution in [0, 0.1) is 17.6 Å². The molecule has 4 aromatic heterocycles. The van der Waals surface area contributed by atoms with Crippen LogP contribution in [0.3, 0.4) is 0 Å². The van der Waals surface area contributed by atoms with Crippen LogP contribution in [0.15, 0.2) is 54.9 Å². The minimum Gasteiger partial charge on any atom is -0.360 e. The van der Waals surface area contributed by atoms with E-state index in [0.717, 1.165) is 23.9 Å². The highest BCUT2D eigenvalue weighted by atomic mass is 19.3. The minimum absolute atomic E-state index is 0.0902. The average molecular weight is 639 g/mol. The lowest BCUT2D eigenvalue weighted by Gasteiger charge is -2.23. The van der Waals surface area contributed by atoms with Gasteiger partial charge in [0.05, 0.1) is 22.8 Å². The number of rotatable bonds is 9. The molecule has 1 fully saturated rings. The number of nitrogens with zero attached hydrogens (tertiary/aromatic N) is 4. The maximum atomic E-state index is 15.2. The predicted molar refractivity (Wildman–Crippen MR) is 156 cm³/mol. The maximum Gasteiger partial charge on any atom is 0.293 e. The smallest absolute Gasteiger partial charge is 0.293 e. The molecule has 7 rings (SSSR count). The Labute approximate surface area is 259 Å². The predicted octanol–water partition coefficient (Wildman–Crippen LogP) is 7.47. The van der Waals surface area contributed by atoms with E-state index in [-0.39, 0.29) is 29.9 Å². The van der Waals surface area contributed by atoms with Gasteiger partial charge in [-0.3, -0.25) is 14.5 Å². The van der Waals surface area contributed by atoms with E-state index in [9.17, 15) is 22.4 Å². The van der Waals surface area contributed by atoms with Gasteiger partial charge in [-0.25, -0.2) is 22.5 Å². The summed E-state index contributed by atoms with van der Waals surface area (Å²) in [6.45, 7) is 3.23. The molecule has 1 amide bonds. The highest BCUT2D eigenvalue weighted by molar-refractivity contribution is 5.83. The standard InChI is InChI=1S/C33H28F6N6O/c1-15(2)23-4-3-17(13-41-23)20-12-25-24(5-6-40-25)43-29(20)26(9-16-7-18(34)10-19(35)8-16)42-27(46)14-45-31-28(30(44-45)32(36)37)21-11-22(21)33(31,38)39/h3-8,10,12-13,15,21-22,26,32,40H,9,11,14H2,1-2H3,(H,42,46)/t21-,22+,26+/m0/s1. The van der Waals surface area contributed by atoms with Crippen LogP contribution in [0.4, 0.5) is 26.3 Å². The van der Waals surface area contributed by atoms with Gasteiger partial charge in [-0.2, -0.15) is 13.9 Å². The molecular formula is C33H28F6N6O. The third-order valence-electron chi connectivity index (χ3n) is 8.74. The lowest BCUT2D eigenvalue weighted by Crippen LogP contribution is -2.35. The van der Waals surface area contributed by atoms with Crippen molar-refractivity contribution >= 4 is 16.9 Å². The topological polar surface area (TPSA) is 88.5 Å². The highest BCUT2D eigenvalue weighted by Gasteiger charge is 2.67. The van der Waals surface area contributed by atoms with Crippen molar-refractivity contribution in [1.29, 1.82) is 0 Å². The van der Waals surface area contributed by atoms with Gasteiger partial charge >= 0.3 is 0 Å². The summed E-state index contributed by atoms with van der Waals surface area (Å²) in [7, 11) is 0. The number of halogens is 6. The largest absolute Gasteiger partial charge is 0.360 e. The van der Waals surface area contributed by atoms with Gasteiger partial charge in [0.1, 0.15) is 29.6 Å². The Morgan fingerprint density at radius 3 is 2.52 bits per heavy atom. The first-order chi connectivity index (χ1) is 21.9. The molecule has 238 valence electrons. The third-order valence-corrected chi connectivity index (χ3v) is 8.74. The fraction of sp³-hybridized carbons (Fsp3) is 0.333. The number of hydrogen-bond donors (Lipinski definition) is 2. The van der Waals surface area contributed by atoms with E-state index >= 15 is 8.78 Å². The van der Waals surface area contributed by atoms with Crippen LogP contribution >= 0.6 is 0 Å².